The molecular formula is C11H22N2. The largest absolute Gasteiger partial charge is 0.330 e. The van der Waals surface area contributed by atoms with E-state index in [2.05, 4.69) is 5.32 Å². The van der Waals surface area contributed by atoms with Gasteiger partial charge in [-0.25, -0.2) is 0 Å². The maximum Gasteiger partial charge on any atom is 0.00683 e. The number of nitrogens with one attached hydrogen (secondary N) is 1. The number of nitrogens with two attached hydrogens (primary N) is 1. The molecule has 2 nitrogen and oxygen atoms in total. The zero-order valence-corrected chi connectivity index (χ0v) is 8.47. The molecule has 0 aromatic heterocycles. The molecule has 0 atom stereocenters. The molecule has 0 aromatic carbocycles. The van der Waals surface area contributed by atoms with Crippen LogP contribution in [-0.2, 0) is 0 Å². The predicted molar refractivity (Wildman–Crippen MR) is 55.5 cm³/mol. The lowest BCUT2D eigenvalue weighted by Crippen LogP contribution is -2.29. The molecule has 0 radical (unpaired) electrons. The van der Waals surface area contributed by atoms with Crippen LogP contribution in [0.3, 0.4) is 0 Å². The molecule has 76 valence electrons. The van der Waals surface area contributed by atoms with Crippen molar-refractivity contribution in [2.45, 2.75) is 44.6 Å². The van der Waals surface area contributed by atoms with Gasteiger partial charge in [0.2, 0.25) is 0 Å². The van der Waals surface area contributed by atoms with Crippen LogP contribution in [0.25, 0.3) is 0 Å². The van der Waals surface area contributed by atoms with Crippen molar-refractivity contribution in [3.05, 3.63) is 0 Å². The predicted octanol–water partition coefficient (Wildman–Crippen LogP) is 1.50. The van der Waals surface area contributed by atoms with E-state index in [1.807, 2.05) is 0 Å². The van der Waals surface area contributed by atoms with Crippen LogP contribution in [0.5, 0.6) is 0 Å². The van der Waals surface area contributed by atoms with Crippen LogP contribution >= 0.6 is 0 Å². The summed E-state index contributed by atoms with van der Waals surface area (Å²) in [4.78, 5) is 0. The lowest BCUT2D eigenvalue weighted by atomic mass is 9.82. The van der Waals surface area contributed by atoms with E-state index in [4.69, 9.17) is 5.73 Å². The Morgan fingerprint density at radius 2 is 1.54 bits per heavy atom. The fourth-order valence-corrected chi connectivity index (χ4v) is 2.29. The van der Waals surface area contributed by atoms with Gasteiger partial charge in [0.15, 0.2) is 0 Å². The molecule has 0 heterocycles. The summed E-state index contributed by atoms with van der Waals surface area (Å²) in [6.07, 6.45) is 8.38. The van der Waals surface area contributed by atoms with Gasteiger partial charge in [-0.1, -0.05) is 0 Å². The highest BCUT2D eigenvalue weighted by atomic mass is 14.9. The SMILES string of the molecule is NCC1CCC(CNC2CC2)CC1. The molecule has 2 aliphatic carbocycles. The number of hydrogen-bond acceptors (Lipinski definition) is 2. The summed E-state index contributed by atoms with van der Waals surface area (Å²) < 4.78 is 0. The van der Waals surface area contributed by atoms with Crippen molar-refractivity contribution < 1.29 is 0 Å². The molecule has 0 saturated heterocycles. The highest BCUT2D eigenvalue weighted by Gasteiger charge is 2.24. The zero-order chi connectivity index (χ0) is 9.10. The highest BCUT2D eigenvalue weighted by Crippen LogP contribution is 2.28. The summed E-state index contributed by atoms with van der Waals surface area (Å²) in [7, 11) is 0. The van der Waals surface area contributed by atoms with Crippen molar-refractivity contribution in [3.63, 3.8) is 0 Å². The first kappa shape index (κ1) is 9.47. The third-order valence-electron chi connectivity index (χ3n) is 3.57. The quantitative estimate of drug-likeness (QED) is 0.691. The van der Waals surface area contributed by atoms with Crippen LogP contribution in [-0.4, -0.2) is 19.1 Å². The van der Waals surface area contributed by atoms with E-state index in [9.17, 15) is 0 Å². The summed E-state index contributed by atoms with van der Waals surface area (Å²) in [6, 6.07) is 0.882. The lowest BCUT2D eigenvalue weighted by Gasteiger charge is -2.27. The standard InChI is InChI=1S/C11H22N2/c12-7-9-1-3-10(4-2-9)8-13-11-5-6-11/h9-11,13H,1-8,12H2. The van der Waals surface area contributed by atoms with Gasteiger partial charge in [-0.05, 0) is 63.5 Å². The first-order valence-electron chi connectivity index (χ1n) is 5.82. The van der Waals surface area contributed by atoms with E-state index < -0.39 is 0 Å². The molecule has 0 unspecified atom stereocenters. The van der Waals surface area contributed by atoms with E-state index in [0.717, 1.165) is 24.4 Å². The molecule has 13 heavy (non-hydrogen) atoms. The van der Waals surface area contributed by atoms with Gasteiger partial charge in [0, 0.05) is 6.04 Å². The van der Waals surface area contributed by atoms with E-state index in [1.54, 1.807) is 0 Å². The summed E-state index contributed by atoms with van der Waals surface area (Å²) in [6.45, 7) is 2.17. The monoisotopic (exact) mass is 182 g/mol. The molecule has 3 N–H and O–H groups in total. The Bertz CT molecular complexity index is 146. The first-order valence-corrected chi connectivity index (χ1v) is 5.82. The van der Waals surface area contributed by atoms with Crippen LogP contribution < -0.4 is 11.1 Å². The van der Waals surface area contributed by atoms with Crippen molar-refractivity contribution in [2.75, 3.05) is 13.1 Å². The third kappa shape index (κ3) is 2.96. The minimum Gasteiger partial charge on any atom is -0.330 e. The van der Waals surface area contributed by atoms with Gasteiger partial charge in [-0.2, -0.15) is 0 Å². The average Bonchev–Trinajstić information content (AvgIpc) is 2.99. The normalized spacial score (nSPS) is 34.8. The van der Waals surface area contributed by atoms with Gasteiger partial charge >= 0.3 is 0 Å². The van der Waals surface area contributed by atoms with Crippen LogP contribution in [0.2, 0.25) is 0 Å². The van der Waals surface area contributed by atoms with Crippen LogP contribution in [0.4, 0.5) is 0 Å². The van der Waals surface area contributed by atoms with Crippen molar-refractivity contribution in [3.8, 4) is 0 Å². The molecule has 0 aliphatic heterocycles. The van der Waals surface area contributed by atoms with Gasteiger partial charge in [0.1, 0.15) is 0 Å². The Morgan fingerprint density at radius 3 is 2.08 bits per heavy atom. The summed E-state index contributed by atoms with van der Waals surface area (Å²) in [5.74, 6) is 1.78. The first-order chi connectivity index (χ1) is 6.38. The summed E-state index contributed by atoms with van der Waals surface area (Å²) in [5.41, 5.74) is 5.67. The number of hydrogen-bond donors (Lipinski definition) is 2. The smallest absolute Gasteiger partial charge is 0.00683 e. The molecule has 2 saturated carbocycles. The van der Waals surface area contributed by atoms with Crippen molar-refractivity contribution in [1.82, 2.24) is 5.32 Å². The Hall–Kier alpha value is -0.0800. The Labute approximate surface area is 81.3 Å². The Kier molecular flexibility index (Phi) is 3.23. The van der Waals surface area contributed by atoms with Gasteiger partial charge in [0.25, 0.3) is 0 Å². The Balaban J connectivity index is 1.59. The molecule has 2 aliphatic rings. The van der Waals surface area contributed by atoms with Crippen molar-refractivity contribution in [2.24, 2.45) is 17.6 Å². The minimum absolute atomic E-state index is 0.831. The molecule has 0 bridgehead atoms. The van der Waals surface area contributed by atoms with Gasteiger partial charge in [0.05, 0.1) is 0 Å². The zero-order valence-electron chi connectivity index (χ0n) is 8.47. The molecular weight excluding hydrogens is 160 g/mol. The van der Waals surface area contributed by atoms with Crippen LogP contribution in [0, 0.1) is 11.8 Å². The summed E-state index contributed by atoms with van der Waals surface area (Å²) in [5, 5.41) is 3.63. The maximum atomic E-state index is 5.67. The molecule has 2 heteroatoms. The second-order valence-corrected chi connectivity index (χ2v) is 4.80. The van der Waals surface area contributed by atoms with Crippen LogP contribution in [0.1, 0.15) is 38.5 Å². The van der Waals surface area contributed by atoms with Crippen molar-refractivity contribution >= 4 is 0 Å². The minimum atomic E-state index is 0.831. The topological polar surface area (TPSA) is 38.0 Å². The maximum absolute atomic E-state index is 5.67. The average molecular weight is 182 g/mol. The lowest BCUT2D eigenvalue weighted by molar-refractivity contribution is 0.272. The second kappa shape index (κ2) is 4.43. The van der Waals surface area contributed by atoms with Crippen molar-refractivity contribution in [1.29, 1.82) is 0 Å². The van der Waals surface area contributed by atoms with E-state index in [0.29, 0.717) is 0 Å². The molecule has 2 fully saturated rings. The highest BCUT2D eigenvalue weighted by molar-refractivity contribution is 4.83. The molecule has 0 amide bonds. The second-order valence-electron chi connectivity index (χ2n) is 4.80. The van der Waals surface area contributed by atoms with Gasteiger partial charge < -0.3 is 11.1 Å². The van der Waals surface area contributed by atoms with Crippen LogP contribution in [0.15, 0.2) is 0 Å². The van der Waals surface area contributed by atoms with E-state index >= 15 is 0 Å². The molecule has 0 spiro atoms. The van der Waals surface area contributed by atoms with E-state index in [-0.39, 0.29) is 0 Å². The molecule has 0 aromatic rings. The third-order valence-corrected chi connectivity index (χ3v) is 3.57. The van der Waals surface area contributed by atoms with Gasteiger partial charge in [-0.3, -0.25) is 0 Å². The van der Waals surface area contributed by atoms with E-state index in [1.165, 1.54) is 45.1 Å². The fraction of sp³-hybridized carbons (Fsp3) is 1.00. The van der Waals surface area contributed by atoms with Gasteiger partial charge in [-0.15, -0.1) is 0 Å². The Morgan fingerprint density at radius 1 is 0.923 bits per heavy atom. The fourth-order valence-electron chi connectivity index (χ4n) is 2.29. The number of rotatable bonds is 4. The molecule has 2 rings (SSSR count). The summed E-state index contributed by atoms with van der Waals surface area (Å²) >= 11 is 0.